The summed E-state index contributed by atoms with van der Waals surface area (Å²) >= 11 is 0. The van der Waals surface area contributed by atoms with Gasteiger partial charge in [-0.05, 0) is 31.6 Å². The van der Waals surface area contributed by atoms with Gasteiger partial charge in [0.25, 0.3) is 0 Å². The standard InChI is InChI=1S/C11H19F/c1-4-9(3)10-6-5-8(2)7-11(10)12/h8,10-11H,3-7H2,1-2H3. The molecule has 1 heteroatoms. The number of halogens is 1. The van der Waals surface area contributed by atoms with Crippen molar-refractivity contribution in [1.29, 1.82) is 0 Å². The third-order valence-electron chi connectivity index (χ3n) is 3.01. The summed E-state index contributed by atoms with van der Waals surface area (Å²) in [4.78, 5) is 0. The summed E-state index contributed by atoms with van der Waals surface area (Å²) in [5, 5.41) is 0. The molecular weight excluding hydrogens is 151 g/mol. The minimum atomic E-state index is -0.624. The molecule has 12 heavy (non-hydrogen) atoms. The first-order chi connectivity index (χ1) is 5.65. The molecule has 0 N–H and O–H groups in total. The fraction of sp³-hybridized carbons (Fsp3) is 0.818. The number of alkyl halides is 1. The van der Waals surface area contributed by atoms with Gasteiger partial charge < -0.3 is 0 Å². The molecule has 70 valence electrons. The maximum atomic E-state index is 13.5. The zero-order valence-electron chi connectivity index (χ0n) is 8.15. The molecule has 1 fully saturated rings. The van der Waals surface area contributed by atoms with Gasteiger partial charge in [-0.1, -0.05) is 26.0 Å². The van der Waals surface area contributed by atoms with Gasteiger partial charge in [0.15, 0.2) is 0 Å². The van der Waals surface area contributed by atoms with Crippen LogP contribution in [0.25, 0.3) is 0 Å². The number of hydrogen-bond acceptors (Lipinski definition) is 0. The lowest BCUT2D eigenvalue weighted by Gasteiger charge is -2.30. The smallest absolute Gasteiger partial charge is 0.107 e. The predicted octanol–water partition coefficient (Wildman–Crippen LogP) is 3.73. The van der Waals surface area contributed by atoms with E-state index >= 15 is 0 Å². The van der Waals surface area contributed by atoms with E-state index in [1.807, 2.05) is 0 Å². The molecule has 0 spiro atoms. The Kier molecular flexibility index (Phi) is 3.30. The molecule has 0 nitrogen and oxygen atoms in total. The summed E-state index contributed by atoms with van der Waals surface area (Å²) in [5.74, 6) is 0.729. The molecule has 0 aromatic heterocycles. The summed E-state index contributed by atoms with van der Waals surface area (Å²) in [6.07, 6.45) is 3.23. The SMILES string of the molecule is C=C(CC)C1CCC(C)CC1F. The van der Waals surface area contributed by atoms with Crippen molar-refractivity contribution in [2.45, 2.75) is 45.7 Å². The van der Waals surface area contributed by atoms with E-state index in [0.717, 1.165) is 24.8 Å². The quantitative estimate of drug-likeness (QED) is 0.554. The second-order valence-electron chi connectivity index (χ2n) is 4.05. The highest BCUT2D eigenvalue weighted by Crippen LogP contribution is 2.35. The lowest BCUT2D eigenvalue weighted by Crippen LogP contribution is -2.26. The predicted molar refractivity (Wildman–Crippen MR) is 50.8 cm³/mol. The zero-order valence-corrected chi connectivity index (χ0v) is 8.15. The molecule has 0 saturated heterocycles. The molecule has 1 aliphatic rings. The van der Waals surface area contributed by atoms with Crippen LogP contribution in [0.15, 0.2) is 12.2 Å². The summed E-state index contributed by atoms with van der Waals surface area (Å²) < 4.78 is 13.5. The van der Waals surface area contributed by atoms with E-state index in [0.29, 0.717) is 5.92 Å². The molecular formula is C11H19F. The molecule has 0 aromatic carbocycles. The van der Waals surface area contributed by atoms with Crippen molar-refractivity contribution in [2.75, 3.05) is 0 Å². The third-order valence-corrected chi connectivity index (χ3v) is 3.01. The van der Waals surface area contributed by atoms with Crippen LogP contribution in [0.1, 0.15) is 39.5 Å². The molecule has 1 rings (SSSR count). The van der Waals surface area contributed by atoms with Crippen LogP contribution in [0, 0.1) is 11.8 Å². The Morgan fingerprint density at radius 2 is 2.17 bits per heavy atom. The van der Waals surface area contributed by atoms with Gasteiger partial charge in [-0.3, -0.25) is 0 Å². The van der Waals surface area contributed by atoms with E-state index in [2.05, 4.69) is 20.4 Å². The molecule has 0 amide bonds. The van der Waals surface area contributed by atoms with E-state index in [1.54, 1.807) is 0 Å². The van der Waals surface area contributed by atoms with Crippen molar-refractivity contribution in [3.8, 4) is 0 Å². The second-order valence-corrected chi connectivity index (χ2v) is 4.05. The van der Waals surface area contributed by atoms with Crippen molar-refractivity contribution in [3.63, 3.8) is 0 Å². The molecule has 3 atom stereocenters. The van der Waals surface area contributed by atoms with Gasteiger partial charge >= 0.3 is 0 Å². The van der Waals surface area contributed by atoms with E-state index in [4.69, 9.17) is 0 Å². The van der Waals surface area contributed by atoms with Gasteiger partial charge in [-0.25, -0.2) is 4.39 Å². The van der Waals surface area contributed by atoms with Gasteiger partial charge in [-0.2, -0.15) is 0 Å². The third kappa shape index (κ3) is 2.09. The van der Waals surface area contributed by atoms with Crippen LogP contribution in [-0.4, -0.2) is 6.17 Å². The van der Waals surface area contributed by atoms with Crippen molar-refractivity contribution < 1.29 is 4.39 Å². The maximum Gasteiger partial charge on any atom is 0.107 e. The first-order valence-electron chi connectivity index (χ1n) is 4.96. The molecule has 0 aliphatic heterocycles. The first kappa shape index (κ1) is 9.76. The Labute approximate surface area is 74.9 Å². The summed E-state index contributed by atoms with van der Waals surface area (Å²) in [7, 11) is 0. The molecule has 0 radical (unpaired) electrons. The fourth-order valence-corrected chi connectivity index (χ4v) is 2.03. The number of hydrogen-bond donors (Lipinski definition) is 0. The lowest BCUT2D eigenvalue weighted by molar-refractivity contribution is 0.153. The van der Waals surface area contributed by atoms with Gasteiger partial charge in [0, 0.05) is 5.92 Å². The second kappa shape index (κ2) is 4.06. The van der Waals surface area contributed by atoms with Crippen molar-refractivity contribution in [3.05, 3.63) is 12.2 Å². The van der Waals surface area contributed by atoms with Crippen LogP contribution in [0.2, 0.25) is 0 Å². The van der Waals surface area contributed by atoms with Crippen LogP contribution in [0.4, 0.5) is 4.39 Å². The minimum Gasteiger partial charge on any atom is -0.247 e. The van der Waals surface area contributed by atoms with Crippen LogP contribution >= 0.6 is 0 Å². The summed E-state index contributed by atoms with van der Waals surface area (Å²) in [5.41, 5.74) is 1.11. The van der Waals surface area contributed by atoms with Gasteiger partial charge in [0.05, 0.1) is 0 Å². The highest BCUT2D eigenvalue weighted by molar-refractivity contribution is 5.04. The molecule has 1 aliphatic carbocycles. The Hall–Kier alpha value is -0.330. The lowest BCUT2D eigenvalue weighted by atomic mass is 9.77. The van der Waals surface area contributed by atoms with Crippen molar-refractivity contribution in [1.82, 2.24) is 0 Å². The molecule has 0 aromatic rings. The fourth-order valence-electron chi connectivity index (χ4n) is 2.03. The summed E-state index contributed by atoms with van der Waals surface area (Å²) in [6.45, 7) is 8.13. The zero-order chi connectivity index (χ0) is 9.14. The Balaban J connectivity index is 2.50. The van der Waals surface area contributed by atoms with E-state index in [1.165, 1.54) is 6.42 Å². The van der Waals surface area contributed by atoms with Crippen LogP contribution in [-0.2, 0) is 0 Å². The highest BCUT2D eigenvalue weighted by atomic mass is 19.1. The van der Waals surface area contributed by atoms with E-state index in [9.17, 15) is 4.39 Å². The first-order valence-corrected chi connectivity index (χ1v) is 4.96. The Bertz CT molecular complexity index is 162. The highest BCUT2D eigenvalue weighted by Gasteiger charge is 2.29. The normalized spacial score (nSPS) is 36.4. The molecule has 0 bridgehead atoms. The van der Waals surface area contributed by atoms with Crippen molar-refractivity contribution in [2.24, 2.45) is 11.8 Å². The van der Waals surface area contributed by atoms with E-state index in [-0.39, 0.29) is 5.92 Å². The topological polar surface area (TPSA) is 0 Å². The Morgan fingerprint density at radius 3 is 2.67 bits per heavy atom. The van der Waals surface area contributed by atoms with Gasteiger partial charge in [0.1, 0.15) is 6.17 Å². The average Bonchev–Trinajstić information content (AvgIpc) is 2.03. The summed E-state index contributed by atoms with van der Waals surface area (Å²) in [6, 6.07) is 0. The van der Waals surface area contributed by atoms with Crippen molar-refractivity contribution >= 4 is 0 Å². The average molecular weight is 170 g/mol. The maximum absolute atomic E-state index is 13.5. The van der Waals surface area contributed by atoms with Gasteiger partial charge in [-0.15, -0.1) is 0 Å². The molecule has 0 heterocycles. The van der Waals surface area contributed by atoms with Gasteiger partial charge in [0.2, 0.25) is 0 Å². The van der Waals surface area contributed by atoms with Crippen LogP contribution in [0.5, 0.6) is 0 Å². The number of rotatable bonds is 2. The Morgan fingerprint density at radius 1 is 1.50 bits per heavy atom. The monoisotopic (exact) mass is 170 g/mol. The van der Waals surface area contributed by atoms with Crippen LogP contribution < -0.4 is 0 Å². The molecule has 3 unspecified atom stereocenters. The number of allylic oxidation sites excluding steroid dienone is 1. The van der Waals surface area contributed by atoms with E-state index < -0.39 is 6.17 Å². The minimum absolute atomic E-state index is 0.159. The largest absolute Gasteiger partial charge is 0.247 e. The van der Waals surface area contributed by atoms with Crippen LogP contribution in [0.3, 0.4) is 0 Å². The molecule has 1 saturated carbocycles.